The standard InChI is InChI=1S/C10H9ClN4/c11-10-12-4-3-9(14-10)15-6-8(5-13-15)7-1-2-7/h3-7H,1-2H2. The number of hydrogen-bond acceptors (Lipinski definition) is 3. The molecule has 0 radical (unpaired) electrons. The Morgan fingerprint density at radius 3 is 3.00 bits per heavy atom. The molecule has 2 aromatic heterocycles. The van der Waals surface area contributed by atoms with Crippen LogP contribution in [0.4, 0.5) is 0 Å². The van der Waals surface area contributed by atoms with E-state index in [9.17, 15) is 0 Å². The second-order valence-electron chi connectivity index (χ2n) is 3.68. The van der Waals surface area contributed by atoms with Gasteiger partial charge in [-0.3, -0.25) is 0 Å². The summed E-state index contributed by atoms with van der Waals surface area (Å²) in [4.78, 5) is 7.92. The first-order chi connectivity index (χ1) is 7.33. The summed E-state index contributed by atoms with van der Waals surface area (Å²) in [6.45, 7) is 0. The van der Waals surface area contributed by atoms with Gasteiger partial charge in [-0.15, -0.1) is 0 Å². The molecule has 0 aromatic carbocycles. The lowest BCUT2D eigenvalue weighted by atomic mass is 10.2. The van der Waals surface area contributed by atoms with Gasteiger partial charge >= 0.3 is 0 Å². The number of hydrogen-bond donors (Lipinski definition) is 0. The third-order valence-corrected chi connectivity index (χ3v) is 2.68. The molecule has 4 nitrogen and oxygen atoms in total. The highest BCUT2D eigenvalue weighted by Crippen LogP contribution is 2.39. The Kier molecular flexibility index (Phi) is 1.95. The summed E-state index contributed by atoms with van der Waals surface area (Å²) in [5.74, 6) is 1.41. The number of aromatic nitrogens is 4. The van der Waals surface area contributed by atoms with Crippen molar-refractivity contribution in [2.24, 2.45) is 0 Å². The van der Waals surface area contributed by atoms with Crippen LogP contribution in [0.1, 0.15) is 24.3 Å². The van der Waals surface area contributed by atoms with Crippen molar-refractivity contribution in [2.75, 3.05) is 0 Å². The van der Waals surface area contributed by atoms with Crippen LogP contribution in [-0.4, -0.2) is 19.7 Å². The van der Waals surface area contributed by atoms with Gasteiger partial charge in [-0.25, -0.2) is 9.67 Å². The fourth-order valence-electron chi connectivity index (χ4n) is 1.54. The Balaban J connectivity index is 1.97. The Hall–Kier alpha value is -1.42. The fraction of sp³-hybridized carbons (Fsp3) is 0.300. The Bertz CT molecular complexity index is 490. The van der Waals surface area contributed by atoms with E-state index < -0.39 is 0 Å². The predicted octanol–water partition coefficient (Wildman–Crippen LogP) is 2.19. The number of halogens is 1. The second kappa shape index (κ2) is 3.31. The van der Waals surface area contributed by atoms with Gasteiger partial charge in [0.1, 0.15) is 0 Å². The van der Waals surface area contributed by atoms with E-state index in [1.807, 2.05) is 12.4 Å². The van der Waals surface area contributed by atoms with Crippen molar-refractivity contribution < 1.29 is 0 Å². The van der Waals surface area contributed by atoms with E-state index in [1.54, 1.807) is 16.9 Å². The van der Waals surface area contributed by atoms with Crippen molar-refractivity contribution in [3.8, 4) is 5.82 Å². The highest BCUT2D eigenvalue weighted by molar-refractivity contribution is 6.28. The fourth-order valence-corrected chi connectivity index (χ4v) is 1.69. The summed E-state index contributed by atoms with van der Waals surface area (Å²) in [5.41, 5.74) is 1.28. The summed E-state index contributed by atoms with van der Waals surface area (Å²) < 4.78 is 1.74. The van der Waals surface area contributed by atoms with Crippen molar-refractivity contribution >= 4 is 11.6 Å². The molecule has 1 aliphatic rings. The monoisotopic (exact) mass is 220 g/mol. The lowest BCUT2D eigenvalue weighted by molar-refractivity contribution is 0.839. The van der Waals surface area contributed by atoms with E-state index in [1.165, 1.54) is 18.4 Å². The largest absolute Gasteiger partial charge is 0.226 e. The molecular formula is C10H9ClN4. The van der Waals surface area contributed by atoms with E-state index in [-0.39, 0.29) is 5.28 Å². The van der Waals surface area contributed by atoms with Gasteiger partial charge in [0.2, 0.25) is 5.28 Å². The molecule has 0 atom stereocenters. The first-order valence-corrected chi connectivity index (χ1v) is 5.24. The van der Waals surface area contributed by atoms with Crippen LogP contribution in [-0.2, 0) is 0 Å². The van der Waals surface area contributed by atoms with Gasteiger partial charge in [-0.2, -0.15) is 10.1 Å². The molecule has 1 saturated carbocycles. The molecule has 3 rings (SSSR count). The van der Waals surface area contributed by atoms with Gasteiger partial charge in [0, 0.05) is 18.5 Å². The van der Waals surface area contributed by atoms with Crippen LogP contribution in [0, 0.1) is 0 Å². The minimum Gasteiger partial charge on any atom is -0.226 e. The maximum absolute atomic E-state index is 5.71. The first kappa shape index (κ1) is 8.85. The lowest BCUT2D eigenvalue weighted by Gasteiger charge is -1.98. The zero-order chi connectivity index (χ0) is 10.3. The van der Waals surface area contributed by atoms with Crippen LogP contribution in [0.2, 0.25) is 5.28 Å². The van der Waals surface area contributed by atoms with Crippen LogP contribution in [0.15, 0.2) is 24.7 Å². The van der Waals surface area contributed by atoms with Gasteiger partial charge in [0.05, 0.1) is 6.20 Å². The molecule has 0 bridgehead atoms. The summed E-state index contributed by atoms with van der Waals surface area (Å²) in [7, 11) is 0. The van der Waals surface area contributed by atoms with Crippen molar-refractivity contribution in [3.05, 3.63) is 35.5 Å². The third kappa shape index (κ3) is 1.72. The van der Waals surface area contributed by atoms with Crippen molar-refractivity contribution in [2.45, 2.75) is 18.8 Å². The molecule has 0 saturated heterocycles. The molecule has 0 N–H and O–H groups in total. The summed E-state index contributed by atoms with van der Waals surface area (Å²) in [5, 5.41) is 4.50. The third-order valence-electron chi connectivity index (χ3n) is 2.50. The normalized spacial score (nSPS) is 15.5. The van der Waals surface area contributed by atoms with Crippen LogP contribution < -0.4 is 0 Å². The Morgan fingerprint density at radius 1 is 1.40 bits per heavy atom. The molecule has 1 aliphatic carbocycles. The molecule has 0 amide bonds. The average molecular weight is 221 g/mol. The van der Waals surface area contributed by atoms with Crippen molar-refractivity contribution in [1.82, 2.24) is 19.7 Å². The molecule has 76 valence electrons. The van der Waals surface area contributed by atoms with E-state index in [0.29, 0.717) is 11.7 Å². The minimum absolute atomic E-state index is 0.246. The van der Waals surface area contributed by atoms with Crippen LogP contribution in [0.25, 0.3) is 5.82 Å². The molecular weight excluding hydrogens is 212 g/mol. The van der Waals surface area contributed by atoms with Crippen LogP contribution >= 0.6 is 11.6 Å². The van der Waals surface area contributed by atoms with E-state index in [0.717, 1.165) is 0 Å². The van der Waals surface area contributed by atoms with Gasteiger partial charge in [0.25, 0.3) is 0 Å². The van der Waals surface area contributed by atoms with Crippen LogP contribution in [0.5, 0.6) is 0 Å². The molecule has 2 aromatic rings. The highest BCUT2D eigenvalue weighted by atomic mass is 35.5. The molecule has 1 fully saturated rings. The second-order valence-corrected chi connectivity index (χ2v) is 4.01. The van der Waals surface area contributed by atoms with E-state index >= 15 is 0 Å². The average Bonchev–Trinajstić information content (AvgIpc) is 2.97. The van der Waals surface area contributed by atoms with Gasteiger partial charge in [0.15, 0.2) is 5.82 Å². The molecule has 0 aliphatic heterocycles. The van der Waals surface area contributed by atoms with Gasteiger partial charge in [-0.1, -0.05) is 0 Å². The van der Waals surface area contributed by atoms with Crippen molar-refractivity contribution in [1.29, 1.82) is 0 Å². The van der Waals surface area contributed by atoms with Crippen molar-refractivity contribution in [3.63, 3.8) is 0 Å². The van der Waals surface area contributed by atoms with E-state index in [4.69, 9.17) is 11.6 Å². The quantitative estimate of drug-likeness (QED) is 0.729. The molecule has 0 unspecified atom stereocenters. The van der Waals surface area contributed by atoms with Gasteiger partial charge < -0.3 is 0 Å². The van der Waals surface area contributed by atoms with E-state index in [2.05, 4.69) is 15.1 Å². The maximum atomic E-state index is 5.71. The smallest absolute Gasteiger partial charge is 0.224 e. The molecule has 0 spiro atoms. The minimum atomic E-state index is 0.246. The topological polar surface area (TPSA) is 43.6 Å². The lowest BCUT2D eigenvalue weighted by Crippen LogP contribution is -1.98. The van der Waals surface area contributed by atoms with Crippen LogP contribution in [0.3, 0.4) is 0 Å². The number of nitrogens with zero attached hydrogens (tertiary/aromatic N) is 4. The maximum Gasteiger partial charge on any atom is 0.224 e. The zero-order valence-electron chi connectivity index (χ0n) is 7.97. The molecule has 2 heterocycles. The predicted molar refractivity (Wildman–Crippen MR) is 56.1 cm³/mol. The van der Waals surface area contributed by atoms with Gasteiger partial charge in [-0.05, 0) is 35.9 Å². The zero-order valence-corrected chi connectivity index (χ0v) is 8.72. The highest BCUT2D eigenvalue weighted by Gasteiger charge is 2.24. The Labute approximate surface area is 91.9 Å². The SMILES string of the molecule is Clc1nccc(-n2cc(C3CC3)cn2)n1. The molecule has 5 heteroatoms. The summed E-state index contributed by atoms with van der Waals surface area (Å²) in [6, 6.07) is 1.79. The first-order valence-electron chi connectivity index (χ1n) is 4.86. The summed E-state index contributed by atoms with van der Waals surface area (Å²) >= 11 is 5.71. The Morgan fingerprint density at radius 2 is 2.27 bits per heavy atom. The number of rotatable bonds is 2. The molecule has 15 heavy (non-hydrogen) atoms. The summed E-state index contributed by atoms with van der Waals surface area (Å²) in [6.07, 6.45) is 8.08.